The lowest BCUT2D eigenvalue weighted by Crippen LogP contribution is -2.50. The zero-order valence-corrected chi connectivity index (χ0v) is 28.8. The number of para-hydroxylation sites is 1. The number of carbonyl (C=O) groups excluding carboxylic acids is 1. The van der Waals surface area contributed by atoms with Crippen LogP contribution in [0.15, 0.2) is 54.9 Å². The number of aliphatic hydroxyl groups is 5. The van der Waals surface area contributed by atoms with Crippen molar-refractivity contribution in [2.75, 3.05) is 19.7 Å². The van der Waals surface area contributed by atoms with Crippen LogP contribution in [-0.4, -0.2) is 86.8 Å². The molecule has 0 unspecified atom stereocenters. The first kappa shape index (κ1) is 37.3. The quantitative estimate of drug-likeness (QED) is 0.0858. The summed E-state index contributed by atoms with van der Waals surface area (Å²) in [6.45, 7) is -0.163. The molecule has 4 atom stereocenters. The van der Waals surface area contributed by atoms with Gasteiger partial charge < -0.3 is 46.2 Å². The Balaban J connectivity index is 1.06. The number of aryl methyl sites for hydroxylation is 1. The monoisotopic (exact) mass is 716 g/mol. The lowest BCUT2D eigenvalue weighted by Gasteiger charge is -2.25. The number of hydrogen-bond acceptors (Lipinski definition) is 9. The average molecular weight is 718 g/mol. The third-order valence-corrected chi connectivity index (χ3v) is 9.82. The van der Waals surface area contributed by atoms with Crippen LogP contribution in [0.2, 0.25) is 10.0 Å². The van der Waals surface area contributed by atoms with Crippen molar-refractivity contribution < 1.29 is 35.1 Å². The van der Waals surface area contributed by atoms with Crippen LogP contribution in [0, 0.1) is 0 Å². The Morgan fingerprint density at radius 3 is 2.37 bits per heavy atom. The molecule has 2 fully saturated rings. The van der Waals surface area contributed by atoms with E-state index in [1.807, 2.05) is 42.7 Å². The highest BCUT2D eigenvalue weighted by molar-refractivity contribution is 6.34. The summed E-state index contributed by atoms with van der Waals surface area (Å²) in [5, 5.41) is 57.8. The lowest BCUT2D eigenvalue weighted by molar-refractivity contribution is -0.113. The minimum Gasteiger partial charge on any atom is -0.490 e. The van der Waals surface area contributed by atoms with Crippen molar-refractivity contribution in [2.45, 2.75) is 94.0 Å². The van der Waals surface area contributed by atoms with Gasteiger partial charge in [-0.2, -0.15) is 0 Å². The number of nitrogens with one attached hydrogen (secondary N) is 3. The van der Waals surface area contributed by atoms with Gasteiger partial charge in [-0.1, -0.05) is 47.8 Å². The number of aromatic nitrogens is 1. The van der Waals surface area contributed by atoms with Gasteiger partial charge in [-0.05, 0) is 91.5 Å². The molecule has 0 bridgehead atoms. The molecule has 2 aliphatic carbocycles. The van der Waals surface area contributed by atoms with Gasteiger partial charge in [-0.3, -0.25) is 4.98 Å². The highest BCUT2D eigenvalue weighted by Crippen LogP contribution is 2.50. The molecule has 2 amide bonds. The first-order chi connectivity index (χ1) is 23.6. The van der Waals surface area contributed by atoms with Gasteiger partial charge in [0.05, 0.1) is 18.8 Å². The molecule has 0 spiro atoms. The summed E-state index contributed by atoms with van der Waals surface area (Å²) in [5.74, 6) is 0.907. The maximum atomic E-state index is 12.0. The third-order valence-electron chi connectivity index (χ3n) is 9.12. The van der Waals surface area contributed by atoms with Gasteiger partial charge in [0.25, 0.3) is 0 Å². The molecule has 2 aromatic carbocycles. The van der Waals surface area contributed by atoms with Crippen LogP contribution in [0.1, 0.15) is 61.6 Å². The number of benzene rings is 2. The first-order valence-electron chi connectivity index (χ1n) is 16.9. The molecule has 3 aromatic rings. The van der Waals surface area contributed by atoms with Crippen molar-refractivity contribution in [2.24, 2.45) is 0 Å². The summed E-state index contributed by atoms with van der Waals surface area (Å²) in [5.41, 5.74) is 5.04. The fourth-order valence-electron chi connectivity index (χ4n) is 5.82. The van der Waals surface area contributed by atoms with E-state index >= 15 is 0 Å². The third kappa shape index (κ3) is 10.0. The number of aliphatic hydroxyl groups excluding tert-OH is 5. The van der Waals surface area contributed by atoms with E-state index in [1.165, 1.54) is 0 Å². The zero-order valence-electron chi connectivity index (χ0n) is 27.3. The first-order valence-corrected chi connectivity index (χ1v) is 17.6. The number of nitrogens with zero attached hydrogens (tertiary/aromatic N) is 1. The van der Waals surface area contributed by atoms with Gasteiger partial charge in [0.15, 0.2) is 0 Å². The second kappa shape index (κ2) is 17.3. The van der Waals surface area contributed by atoms with E-state index in [9.17, 15) is 25.2 Å². The Morgan fingerprint density at radius 2 is 1.63 bits per heavy atom. The predicted molar refractivity (Wildman–Crippen MR) is 188 cm³/mol. The number of amides is 2. The van der Waals surface area contributed by atoms with Crippen molar-refractivity contribution in [1.29, 1.82) is 0 Å². The Kier molecular flexibility index (Phi) is 13.1. The molecular weight excluding hydrogens is 671 g/mol. The molecule has 1 aromatic heterocycles. The van der Waals surface area contributed by atoms with Crippen LogP contribution in [0.3, 0.4) is 0 Å². The largest absolute Gasteiger partial charge is 0.490 e. The van der Waals surface area contributed by atoms with E-state index in [0.29, 0.717) is 35.7 Å². The van der Waals surface area contributed by atoms with E-state index in [0.717, 1.165) is 78.5 Å². The maximum Gasteiger partial charge on any atom is 0.314 e. The van der Waals surface area contributed by atoms with Gasteiger partial charge >= 0.3 is 6.03 Å². The van der Waals surface area contributed by atoms with E-state index in [-0.39, 0.29) is 12.1 Å². The number of rotatable bonds is 19. The van der Waals surface area contributed by atoms with Gasteiger partial charge in [-0.15, -0.1) is 0 Å². The molecule has 0 radical (unpaired) electrons. The summed E-state index contributed by atoms with van der Waals surface area (Å²) < 4.78 is 6.24. The molecule has 5 rings (SSSR count). The zero-order chi connectivity index (χ0) is 35.0. The number of unbranched alkanes of at least 4 members (excludes halogenated alkanes) is 2. The van der Waals surface area contributed by atoms with Gasteiger partial charge in [0, 0.05) is 53.2 Å². The molecule has 2 saturated carbocycles. The van der Waals surface area contributed by atoms with Crippen molar-refractivity contribution in [3.05, 3.63) is 81.6 Å². The summed E-state index contributed by atoms with van der Waals surface area (Å²) >= 11 is 13.5. The van der Waals surface area contributed by atoms with E-state index < -0.39 is 37.1 Å². The summed E-state index contributed by atoms with van der Waals surface area (Å²) in [6.07, 6.45) is 4.77. The molecule has 2 aliphatic rings. The molecule has 0 saturated heterocycles. The van der Waals surface area contributed by atoms with Crippen molar-refractivity contribution >= 4 is 29.2 Å². The number of ether oxygens (including phenoxy) is 1. The fraction of sp³-hybridized carbons (Fsp3) is 0.500. The standard InChI is InChI=1S/C36H46Cl2N4O7/c37-28-17-23(18-42-36(12-13-36)27-19-39-15-11-25(27)26-7-3-4-8-32(26)49-24-9-10-24)29(38)16-22(28)6-2-1-5-14-40-35(48)41-20-30(44)33(46)34(47)31(45)21-43/h3-4,7-8,11,15-17,19,24,30-31,33-34,42-47H,1-2,5-6,9-10,12-14,18,20-21H2,(H2,40,41,48)/t30-,31+,33+,34+/m0/s1. The van der Waals surface area contributed by atoms with Crippen LogP contribution in [0.25, 0.3) is 11.1 Å². The molecule has 8 N–H and O–H groups in total. The Labute approximate surface area is 296 Å². The van der Waals surface area contributed by atoms with Crippen LogP contribution >= 0.6 is 23.2 Å². The number of halogens is 2. The topological polar surface area (TPSA) is 176 Å². The lowest BCUT2D eigenvalue weighted by atomic mass is 9.94. The predicted octanol–water partition coefficient (Wildman–Crippen LogP) is 3.82. The second-order valence-corrected chi connectivity index (χ2v) is 13.8. The van der Waals surface area contributed by atoms with Gasteiger partial charge in [-0.25, -0.2) is 4.79 Å². The smallest absolute Gasteiger partial charge is 0.314 e. The van der Waals surface area contributed by atoms with Gasteiger partial charge in [0.2, 0.25) is 0 Å². The Hall–Kier alpha value is -3.00. The normalized spacial score (nSPS) is 17.5. The second-order valence-electron chi connectivity index (χ2n) is 13.0. The fourth-order valence-corrected chi connectivity index (χ4v) is 6.35. The molecule has 13 heteroatoms. The molecule has 0 aliphatic heterocycles. The highest BCUT2D eigenvalue weighted by atomic mass is 35.5. The van der Waals surface area contributed by atoms with E-state index in [1.54, 1.807) is 0 Å². The average Bonchev–Trinajstić information content (AvgIpc) is 4.06. The number of carbonyl (C=O) groups is 1. The minimum atomic E-state index is -1.75. The minimum absolute atomic E-state index is 0.205. The summed E-state index contributed by atoms with van der Waals surface area (Å²) in [7, 11) is 0. The highest BCUT2D eigenvalue weighted by Gasteiger charge is 2.46. The Bertz CT molecular complexity index is 1560. The molecular formula is C36H46Cl2N4O7. The number of pyridine rings is 1. The van der Waals surface area contributed by atoms with Crippen LogP contribution < -0.4 is 20.7 Å². The molecule has 49 heavy (non-hydrogen) atoms. The molecule has 11 nitrogen and oxygen atoms in total. The van der Waals surface area contributed by atoms with Crippen LogP contribution in [-0.2, 0) is 18.5 Å². The summed E-state index contributed by atoms with van der Waals surface area (Å²) in [4.78, 5) is 16.5. The van der Waals surface area contributed by atoms with Crippen LogP contribution in [0.5, 0.6) is 5.75 Å². The van der Waals surface area contributed by atoms with Crippen LogP contribution in [0.4, 0.5) is 4.79 Å². The SMILES string of the molecule is O=C(NCCCCCc1cc(Cl)c(CNC2(c3cnccc3-c3ccccc3OC3CC3)CC2)cc1Cl)NC[C@H](O)[C@@H](O)[C@H](O)[C@H](O)CO. The molecule has 266 valence electrons. The van der Waals surface area contributed by atoms with Gasteiger partial charge in [0.1, 0.15) is 24.1 Å². The number of hydrogen-bond donors (Lipinski definition) is 8. The van der Waals surface area contributed by atoms with Crippen molar-refractivity contribution in [3.63, 3.8) is 0 Å². The van der Waals surface area contributed by atoms with Crippen molar-refractivity contribution in [1.82, 2.24) is 20.9 Å². The Morgan fingerprint density at radius 1 is 0.918 bits per heavy atom. The summed E-state index contributed by atoms with van der Waals surface area (Å²) in [6, 6.07) is 13.6. The van der Waals surface area contributed by atoms with E-state index in [2.05, 4.69) is 33.1 Å². The van der Waals surface area contributed by atoms with Crippen molar-refractivity contribution in [3.8, 4) is 16.9 Å². The molecule has 1 heterocycles. The maximum absolute atomic E-state index is 12.0. The van der Waals surface area contributed by atoms with E-state index in [4.69, 9.17) is 33.0 Å². The number of urea groups is 1.